The fourth-order valence-electron chi connectivity index (χ4n) is 4.83. The number of rotatable bonds is 2. The molecule has 0 atom stereocenters. The van der Waals surface area contributed by atoms with Crippen molar-refractivity contribution in [3.8, 4) is 11.5 Å². The Hall–Kier alpha value is -3.00. The highest BCUT2D eigenvalue weighted by Crippen LogP contribution is 2.39. The van der Waals surface area contributed by atoms with Crippen LogP contribution in [0.2, 0.25) is 0 Å². The van der Waals surface area contributed by atoms with E-state index in [0.717, 1.165) is 37.2 Å². The summed E-state index contributed by atoms with van der Waals surface area (Å²) in [6, 6.07) is 21.9. The van der Waals surface area contributed by atoms with Crippen LogP contribution in [0.5, 0.6) is 11.5 Å². The summed E-state index contributed by atoms with van der Waals surface area (Å²) in [7, 11) is 3.61. The number of ether oxygens (including phenoxy) is 2. The minimum Gasteiger partial charge on any atom is -0.496 e. The van der Waals surface area contributed by atoms with Crippen molar-refractivity contribution in [2.24, 2.45) is 0 Å². The molecule has 0 heterocycles. The topological polar surface area (TPSA) is 18.5 Å². The van der Waals surface area contributed by atoms with Gasteiger partial charge in [0.2, 0.25) is 0 Å². The zero-order chi connectivity index (χ0) is 19.1. The van der Waals surface area contributed by atoms with Crippen LogP contribution in [0.3, 0.4) is 0 Å². The van der Waals surface area contributed by atoms with Crippen molar-refractivity contribution < 1.29 is 9.47 Å². The zero-order valence-electron chi connectivity index (χ0n) is 16.4. The molecule has 140 valence electrons. The SMILES string of the molecule is COc1c2cc3ccccc3c1CCc1cc3ccccc3c(c1OC)CC2. The first-order valence-corrected chi connectivity index (χ1v) is 9.95. The van der Waals surface area contributed by atoms with Crippen molar-refractivity contribution in [2.75, 3.05) is 14.2 Å². The Bertz CT molecular complexity index is 1090. The van der Waals surface area contributed by atoms with Crippen LogP contribution in [0.25, 0.3) is 21.5 Å². The van der Waals surface area contributed by atoms with Gasteiger partial charge in [-0.3, -0.25) is 0 Å². The minimum absolute atomic E-state index is 0.935. The van der Waals surface area contributed by atoms with Gasteiger partial charge >= 0.3 is 0 Å². The standard InChI is InChI=1S/C26H24O2/c1-27-25-19-11-14-24-22-10-6-4-8-18(22)16-20(26(24)28-2)12-13-23(25)21-9-5-3-7-17(21)15-19/h3-10,15-16H,11-14H2,1-2H3. The summed E-state index contributed by atoms with van der Waals surface area (Å²) in [6.45, 7) is 0. The van der Waals surface area contributed by atoms with E-state index in [1.54, 1.807) is 14.2 Å². The Morgan fingerprint density at radius 3 is 1.43 bits per heavy atom. The van der Waals surface area contributed by atoms with Crippen LogP contribution in [-0.4, -0.2) is 14.2 Å². The summed E-state index contributed by atoms with van der Waals surface area (Å²) in [6.07, 6.45) is 3.74. The fourth-order valence-corrected chi connectivity index (χ4v) is 4.83. The van der Waals surface area contributed by atoms with Crippen LogP contribution in [0.15, 0.2) is 60.7 Å². The second-order valence-electron chi connectivity index (χ2n) is 7.54. The maximum atomic E-state index is 5.94. The highest BCUT2D eigenvalue weighted by Gasteiger charge is 2.20. The van der Waals surface area contributed by atoms with Gasteiger partial charge in [-0.2, -0.15) is 0 Å². The molecule has 4 bridgehead atoms. The first-order valence-electron chi connectivity index (χ1n) is 9.95. The van der Waals surface area contributed by atoms with Gasteiger partial charge in [-0.25, -0.2) is 0 Å². The van der Waals surface area contributed by atoms with Gasteiger partial charge < -0.3 is 9.47 Å². The molecule has 0 radical (unpaired) electrons. The number of aryl methyl sites for hydroxylation is 4. The predicted molar refractivity (Wildman–Crippen MR) is 116 cm³/mol. The molecule has 0 amide bonds. The zero-order valence-corrected chi connectivity index (χ0v) is 16.4. The summed E-state index contributed by atoms with van der Waals surface area (Å²) in [5, 5.41) is 5.19. The molecule has 28 heavy (non-hydrogen) atoms. The first-order chi connectivity index (χ1) is 13.8. The molecular formula is C26H24O2. The largest absolute Gasteiger partial charge is 0.496 e. The van der Waals surface area contributed by atoms with Crippen molar-refractivity contribution in [3.05, 3.63) is 82.9 Å². The molecule has 1 aliphatic carbocycles. The number of hydrogen-bond acceptors (Lipinski definition) is 2. The summed E-state index contributed by atoms with van der Waals surface area (Å²) in [5.41, 5.74) is 5.20. The molecule has 2 heteroatoms. The van der Waals surface area contributed by atoms with E-state index in [1.165, 1.54) is 43.8 Å². The second kappa shape index (κ2) is 6.87. The van der Waals surface area contributed by atoms with E-state index in [-0.39, 0.29) is 0 Å². The molecule has 0 spiro atoms. The molecule has 5 rings (SSSR count). The molecule has 0 fully saturated rings. The lowest BCUT2D eigenvalue weighted by Gasteiger charge is -2.22. The summed E-state index contributed by atoms with van der Waals surface area (Å²) in [5.74, 6) is 2.12. The van der Waals surface area contributed by atoms with E-state index in [2.05, 4.69) is 60.7 Å². The molecular weight excluding hydrogens is 344 g/mol. The van der Waals surface area contributed by atoms with Crippen molar-refractivity contribution in [1.29, 1.82) is 0 Å². The van der Waals surface area contributed by atoms with E-state index in [0.29, 0.717) is 0 Å². The Balaban J connectivity index is 1.76. The lowest BCUT2D eigenvalue weighted by Crippen LogP contribution is -2.07. The lowest BCUT2D eigenvalue weighted by molar-refractivity contribution is 0.398. The number of methoxy groups -OCH3 is 2. The minimum atomic E-state index is 0.935. The first kappa shape index (κ1) is 17.1. The number of benzene rings is 4. The highest BCUT2D eigenvalue weighted by molar-refractivity contribution is 5.91. The smallest absolute Gasteiger partial charge is 0.125 e. The van der Waals surface area contributed by atoms with E-state index in [4.69, 9.17) is 9.47 Å². The average molecular weight is 368 g/mol. The van der Waals surface area contributed by atoms with Gasteiger partial charge in [-0.15, -0.1) is 0 Å². The monoisotopic (exact) mass is 368 g/mol. The van der Waals surface area contributed by atoms with E-state index in [9.17, 15) is 0 Å². The van der Waals surface area contributed by atoms with Gasteiger partial charge in [-0.05, 0) is 70.5 Å². The Kier molecular flexibility index (Phi) is 4.20. The van der Waals surface area contributed by atoms with Gasteiger partial charge in [-0.1, -0.05) is 48.5 Å². The normalized spacial score (nSPS) is 13.5. The summed E-state index contributed by atoms with van der Waals surface area (Å²) in [4.78, 5) is 0. The molecule has 4 aromatic carbocycles. The Labute approximate surface area is 165 Å². The van der Waals surface area contributed by atoms with Gasteiger partial charge in [0.1, 0.15) is 11.5 Å². The average Bonchev–Trinajstić information content (AvgIpc) is 2.74. The molecule has 0 saturated heterocycles. The molecule has 0 saturated carbocycles. The molecule has 0 unspecified atom stereocenters. The third-order valence-electron chi connectivity index (χ3n) is 6.06. The van der Waals surface area contributed by atoms with E-state index in [1.807, 2.05) is 0 Å². The lowest BCUT2D eigenvalue weighted by atomic mass is 9.87. The number of fused-ring (bicyclic) bond motifs is 8. The molecule has 0 N–H and O–H groups in total. The van der Waals surface area contributed by atoms with Crippen LogP contribution in [0, 0.1) is 0 Å². The van der Waals surface area contributed by atoms with Gasteiger partial charge in [0.25, 0.3) is 0 Å². The molecule has 4 aromatic rings. The molecule has 2 nitrogen and oxygen atoms in total. The van der Waals surface area contributed by atoms with Crippen LogP contribution in [0.1, 0.15) is 22.3 Å². The summed E-state index contributed by atoms with van der Waals surface area (Å²) >= 11 is 0. The van der Waals surface area contributed by atoms with Gasteiger partial charge in [0.05, 0.1) is 14.2 Å². The third kappa shape index (κ3) is 2.63. The Morgan fingerprint density at radius 1 is 0.571 bits per heavy atom. The maximum Gasteiger partial charge on any atom is 0.125 e. The summed E-state index contributed by atoms with van der Waals surface area (Å²) < 4.78 is 11.9. The predicted octanol–water partition coefficient (Wildman–Crippen LogP) is 5.89. The van der Waals surface area contributed by atoms with Crippen molar-refractivity contribution in [1.82, 2.24) is 0 Å². The maximum absolute atomic E-state index is 5.94. The molecule has 0 aromatic heterocycles. The van der Waals surface area contributed by atoms with E-state index >= 15 is 0 Å². The van der Waals surface area contributed by atoms with E-state index < -0.39 is 0 Å². The molecule has 1 aliphatic rings. The second-order valence-corrected chi connectivity index (χ2v) is 7.54. The van der Waals surface area contributed by atoms with Crippen molar-refractivity contribution in [2.45, 2.75) is 25.7 Å². The third-order valence-corrected chi connectivity index (χ3v) is 6.06. The quantitative estimate of drug-likeness (QED) is 0.439. The van der Waals surface area contributed by atoms with Gasteiger partial charge in [0.15, 0.2) is 0 Å². The fraction of sp³-hybridized carbons (Fsp3) is 0.231. The van der Waals surface area contributed by atoms with Crippen LogP contribution in [-0.2, 0) is 25.7 Å². The van der Waals surface area contributed by atoms with Crippen LogP contribution >= 0.6 is 0 Å². The van der Waals surface area contributed by atoms with Crippen molar-refractivity contribution in [3.63, 3.8) is 0 Å². The number of hydrogen-bond donors (Lipinski definition) is 0. The van der Waals surface area contributed by atoms with Gasteiger partial charge in [0, 0.05) is 11.1 Å². The Morgan fingerprint density at radius 2 is 1.00 bits per heavy atom. The van der Waals surface area contributed by atoms with Crippen molar-refractivity contribution >= 4 is 21.5 Å². The molecule has 0 aliphatic heterocycles. The van der Waals surface area contributed by atoms with Crippen LogP contribution < -0.4 is 9.47 Å². The van der Waals surface area contributed by atoms with Crippen LogP contribution in [0.4, 0.5) is 0 Å². The highest BCUT2D eigenvalue weighted by atomic mass is 16.5.